The minimum atomic E-state index is -0.932. The van der Waals surface area contributed by atoms with Gasteiger partial charge in [0.2, 0.25) is 0 Å². The fourth-order valence-corrected chi connectivity index (χ4v) is 2.43. The van der Waals surface area contributed by atoms with Crippen molar-refractivity contribution in [3.8, 4) is 0 Å². The highest BCUT2D eigenvalue weighted by Gasteiger charge is 2.28. The molecule has 1 heterocycles. The molecule has 1 aromatic carbocycles. The minimum Gasteiger partial charge on any atom is -0.394 e. The number of nitrogens with zero attached hydrogens (tertiary/aromatic N) is 1. The van der Waals surface area contributed by atoms with Crippen molar-refractivity contribution in [3.63, 3.8) is 0 Å². The maximum Gasteiger partial charge on any atom is 0.318 e. The molecule has 1 aliphatic rings. The van der Waals surface area contributed by atoms with Gasteiger partial charge in [0.05, 0.1) is 18.7 Å². The van der Waals surface area contributed by atoms with Crippen LogP contribution in [0, 0.1) is 11.6 Å². The maximum absolute atomic E-state index is 13.2. The quantitative estimate of drug-likeness (QED) is 0.894. The lowest BCUT2D eigenvalue weighted by molar-refractivity contribution is 0.155. The van der Waals surface area contributed by atoms with Gasteiger partial charge in [-0.05, 0) is 37.5 Å². The Bertz CT molecular complexity index is 496. The van der Waals surface area contributed by atoms with Crippen molar-refractivity contribution in [2.75, 3.05) is 13.2 Å². The van der Waals surface area contributed by atoms with Gasteiger partial charge in [-0.15, -0.1) is 0 Å². The van der Waals surface area contributed by atoms with E-state index in [-0.39, 0.29) is 18.7 Å². The number of halogens is 2. The fraction of sp³-hybridized carbons (Fsp3) is 0.500. The van der Waals surface area contributed by atoms with E-state index in [1.54, 1.807) is 11.8 Å². The van der Waals surface area contributed by atoms with Crippen molar-refractivity contribution >= 4 is 6.03 Å². The number of carbonyl (C=O) groups excluding carboxylic acids is 1. The lowest BCUT2D eigenvalue weighted by Crippen LogP contribution is -2.44. The van der Waals surface area contributed by atoms with Crippen LogP contribution in [0.5, 0.6) is 0 Å². The third kappa shape index (κ3) is 3.07. The second-order valence-electron chi connectivity index (χ2n) is 5.02. The van der Waals surface area contributed by atoms with Crippen LogP contribution in [0.25, 0.3) is 0 Å². The zero-order valence-electron chi connectivity index (χ0n) is 11.3. The molecule has 0 saturated carbocycles. The molecule has 2 atom stereocenters. The summed E-state index contributed by atoms with van der Waals surface area (Å²) in [7, 11) is 0. The van der Waals surface area contributed by atoms with E-state index in [1.807, 2.05) is 0 Å². The van der Waals surface area contributed by atoms with Gasteiger partial charge in [-0.3, -0.25) is 0 Å². The number of nitrogens with one attached hydrogen (secondary N) is 1. The van der Waals surface area contributed by atoms with Gasteiger partial charge in [0, 0.05) is 6.54 Å². The number of carbonyl (C=O) groups is 1. The van der Waals surface area contributed by atoms with Gasteiger partial charge >= 0.3 is 6.03 Å². The average Bonchev–Trinajstić information content (AvgIpc) is 2.90. The predicted octanol–water partition coefficient (Wildman–Crippen LogP) is 2.19. The Balaban J connectivity index is 2.01. The topological polar surface area (TPSA) is 52.6 Å². The number of urea groups is 1. The molecule has 0 bridgehead atoms. The molecule has 0 aliphatic carbocycles. The maximum atomic E-state index is 13.2. The van der Waals surface area contributed by atoms with Crippen molar-refractivity contribution in [2.24, 2.45) is 0 Å². The van der Waals surface area contributed by atoms with E-state index in [4.69, 9.17) is 0 Å². The lowest BCUT2D eigenvalue weighted by atomic mass is 10.1. The van der Waals surface area contributed by atoms with Crippen molar-refractivity contribution in [1.82, 2.24) is 10.2 Å². The lowest BCUT2D eigenvalue weighted by Gasteiger charge is -2.25. The molecule has 2 amide bonds. The summed E-state index contributed by atoms with van der Waals surface area (Å²) in [5.41, 5.74) is 0.497. The van der Waals surface area contributed by atoms with E-state index >= 15 is 0 Å². The molecule has 2 N–H and O–H groups in total. The minimum absolute atomic E-state index is 0.0625. The third-order valence-electron chi connectivity index (χ3n) is 3.63. The summed E-state index contributed by atoms with van der Waals surface area (Å²) in [5.74, 6) is -1.84. The second kappa shape index (κ2) is 6.17. The van der Waals surface area contributed by atoms with Crippen LogP contribution in [0.2, 0.25) is 0 Å². The van der Waals surface area contributed by atoms with E-state index in [2.05, 4.69) is 5.32 Å². The number of hydrogen-bond acceptors (Lipinski definition) is 2. The number of rotatable bonds is 3. The first-order valence-electron chi connectivity index (χ1n) is 6.66. The zero-order valence-corrected chi connectivity index (χ0v) is 11.3. The van der Waals surface area contributed by atoms with Crippen LogP contribution in [0.4, 0.5) is 13.6 Å². The first-order chi connectivity index (χ1) is 9.52. The molecule has 110 valence electrons. The van der Waals surface area contributed by atoms with E-state index in [0.29, 0.717) is 12.1 Å². The van der Waals surface area contributed by atoms with E-state index in [1.165, 1.54) is 6.07 Å². The van der Waals surface area contributed by atoms with E-state index in [0.717, 1.165) is 25.0 Å². The molecule has 1 aliphatic heterocycles. The Hall–Kier alpha value is -1.69. The summed E-state index contributed by atoms with van der Waals surface area (Å²) in [6.45, 7) is 2.24. The largest absolute Gasteiger partial charge is 0.394 e. The summed E-state index contributed by atoms with van der Waals surface area (Å²) in [6.07, 6.45) is 1.64. The molecule has 0 radical (unpaired) electrons. The summed E-state index contributed by atoms with van der Waals surface area (Å²) >= 11 is 0. The molecule has 2 unspecified atom stereocenters. The van der Waals surface area contributed by atoms with Crippen LogP contribution in [-0.4, -0.2) is 35.2 Å². The molecular formula is C14H18F2N2O2. The SMILES string of the molecule is CC(NC(=O)N1CCCC1CO)c1ccc(F)c(F)c1. The van der Waals surface area contributed by atoms with Crippen LogP contribution < -0.4 is 5.32 Å². The second-order valence-corrected chi connectivity index (χ2v) is 5.02. The summed E-state index contributed by atoms with van der Waals surface area (Å²) in [4.78, 5) is 13.7. The molecular weight excluding hydrogens is 266 g/mol. The highest BCUT2D eigenvalue weighted by atomic mass is 19.2. The number of aliphatic hydroxyl groups excluding tert-OH is 1. The van der Waals surface area contributed by atoms with Crippen molar-refractivity contribution in [1.29, 1.82) is 0 Å². The number of amides is 2. The monoisotopic (exact) mass is 284 g/mol. The van der Waals surface area contributed by atoms with Crippen molar-refractivity contribution in [3.05, 3.63) is 35.4 Å². The van der Waals surface area contributed by atoms with Gasteiger partial charge in [0.15, 0.2) is 11.6 Å². The highest BCUT2D eigenvalue weighted by molar-refractivity contribution is 5.75. The van der Waals surface area contributed by atoms with Crippen molar-refractivity contribution in [2.45, 2.75) is 31.8 Å². The Morgan fingerprint density at radius 3 is 2.90 bits per heavy atom. The number of hydrogen-bond donors (Lipinski definition) is 2. The molecule has 1 fully saturated rings. The molecule has 1 aromatic rings. The van der Waals surface area contributed by atoms with Gasteiger partial charge in [0.25, 0.3) is 0 Å². The average molecular weight is 284 g/mol. The Morgan fingerprint density at radius 1 is 1.50 bits per heavy atom. The molecule has 4 nitrogen and oxygen atoms in total. The van der Waals surface area contributed by atoms with Gasteiger partial charge in [-0.1, -0.05) is 6.07 Å². The summed E-state index contributed by atoms with van der Waals surface area (Å²) in [6, 6.07) is 2.67. The van der Waals surface area contributed by atoms with Crippen molar-refractivity contribution < 1.29 is 18.7 Å². The zero-order chi connectivity index (χ0) is 14.7. The number of benzene rings is 1. The smallest absolute Gasteiger partial charge is 0.318 e. The van der Waals surface area contributed by atoms with Gasteiger partial charge in [-0.25, -0.2) is 13.6 Å². The van der Waals surface area contributed by atoms with E-state index < -0.39 is 17.7 Å². The van der Waals surface area contributed by atoms with Crippen LogP contribution in [0.15, 0.2) is 18.2 Å². The van der Waals surface area contributed by atoms with Crippen LogP contribution >= 0.6 is 0 Å². The van der Waals surface area contributed by atoms with Gasteiger partial charge in [0.1, 0.15) is 0 Å². The summed E-state index contributed by atoms with van der Waals surface area (Å²) in [5, 5.41) is 11.9. The Kier molecular flexibility index (Phi) is 4.54. The first-order valence-corrected chi connectivity index (χ1v) is 6.66. The van der Waals surface area contributed by atoms with E-state index in [9.17, 15) is 18.7 Å². The normalized spacial score (nSPS) is 20.0. The molecule has 1 saturated heterocycles. The molecule has 20 heavy (non-hydrogen) atoms. The van der Waals surface area contributed by atoms with Crippen LogP contribution in [0.1, 0.15) is 31.4 Å². The fourth-order valence-electron chi connectivity index (χ4n) is 2.43. The summed E-state index contributed by atoms with van der Waals surface area (Å²) < 4.78 is 26.0. The first kappa shape index (κ1) is 14.7. The molecule has 6 heteroatoms. The molecule has 0 aromatic heterocycles. The number of likely N-dealkylation sites (tertiary alicyclic amines) is 1. The highest BCUT2D eigenvalue weighted by Crippen LogP contribution is 2.19. The molecule has 0 spiro atoms. The van der Waals surface area contributed by atoms with Crippen LogP contribution in [0.3, 0.4) is 0 Å². The van der Waals surface area contributed by atoms with Gasteiger partial charge < -0.3 is 15.3 Å². The Labute approximate surface area is 116 Å². The molecule has 2 rings (SSSR count). The Morgan fingerprint density at radius 2 is 2.25 bits per heavy atom. The predicted molar refractivity (Wildman–Crippen MR) is 70.1 cm³/mol. The van der Waals surface area contributed by atoms with Crippen LogP contribution in [-0.2, 0) is 0 Å². The standard InChI is InChI=1S/C14H18F2N2O2/c1-9(10-4-5-12(15)13(16)7-10)17-14(20)18-6-2-3-11(18)8-19/h4-5,7,9,11,19H,2-3,6,8H2,1H3,(H,17,20). The third-order valence-corrected chi connectivity index (χ3v) is 3.63. The van der Waals surface area contributed by atoms with Gasteiger partial charge in [-0.2, -0.15) is 0 Å². The number of aliphatic hydroxyl groups is 1.